The van der Waals surface area contributed by atoms with Crippen molar-refractivity contribution in [2.45, 2.75) is 62.6 Å². The average molecular weight is 249 g/mol. The molecule has 18 heavy (non-hydrogen) atoms. The van der Waals surface area contributed by atoms with Gasteiger partial charge in [-0.05, 0) is 50.9 Å². The Bertz CT molecular complexity index is 320. The molecule has 0 bridgehead atoms. The molecule has 3 heteroatoms. The fraction of sp³-hybridized carbons (Fsp3) is 1.00. The van der Waals surface area contributed by atoms with E-state index in [2.05, 4.69) is 9.80 Å². The highest BCUT2D eigenvalue weighted by molar-refractivity contribution is 5.08. The summed E-state index contributed by atoms with van der Waals surface area (Å²) in [4.78, 5) is 5.59. The van der Waals surface area contributed by atoms with Gasteiger partial charge in [0.1, 0.15) is 0 Å². The van der Waals surface area contributed by atoms with E-state index >= 15 is 0 Å². The molecule has 0 amide bonds. The fourth-order valence-corrected chi connectivity index (χ4v) is 3.85. The Morgan fingerprint density at radius 2 is 1.89 bits per heavy atom. The van der Waals surface area contributed by atoms with Gasteiger partial charge < -0.3 is 5.73 Å². The maximum atomic E-state index is 6.25. The van der Waals surface area contributed by atoms with Crippen LogP contribution in [0.4, 0.5) is 0 Å². The molecule has 102 valence electrons. The third-order valence-corrected chi connectivity index (χ3v) is 5.55. The standard InChI is InChI=1S/C15H27N3/c16-10-15(7-8-17(11-15)13-3-4-13)18(14-5-6-14)9-12-1-2-12/h12-14H,1-11,16H2. The highest BCUT2D eigenvalue weighted by Gasteiger charge is 2.50. The van der Waals surface area contributed by atoms with Crippen molar-refractivity contribution in [2.75, 3.05) is 26.2 Å². The van der Waals surface area contributed by atoms with Crippen LogP contribution in [0.1, 0.15) is 44.9 Å². The van der Waals surface area contributed by atoms with E-state index in [9.17, 15) is 0 Å². The van der Waals surface area contributed by atoms with Gasteiger partial charge in [0.15, 0.2) is 0 Å². The van der Waals surface area contributed by atoms with E-state index in [4.69, 9.17) is 5.73 Å². The van der Waals surface area contributed by atoms with Crippen molar-refractivity contribution in [3.8, 4) is 0 Å². The predicted octanol–water partition coefficient (Wildman–Crippen LogP) is 1.43. The van der Waals surface area contributed by atoms with Crippen molar-refractivity contribution in [1.29, 1.82) is 0 Å². The van der Waals surface area contributed by atoms with Crippen molar-refractivity contribution in [2.24, 2.45) is 11.7 Å². The quantitative estimate of drug-likeness (QED) is 0.773. The van der Waals surface area contributed by atoms with Crippen LogP contribution in [0.15, 0.2) is 0 Å². The summed E-state index contributed by atoms with van der Waals surface area (Å²) < 4.78 is 0. The maximum Gasteiger partial charge on any atom is 0.0473 e. The molecule has 0 radical (unpaired) electrons. The summed E-state index contributed by atoms with van der Waals surface area (Å²) >= 11 is 0. The third-order valence-electron chi connectivity index (χ3n) is 5.55. The molecule has 4 fully saturated rings. The summed E-state index contributed by atoms with van der Waals surface area (Å²) in [6, 6.07) is 1.80. The number of hydrogen-bond donors (Lipinski definition) is 1. The van der Waals surface area contributed by atoms with Gasteiger partial charge in [-0.2, -0.15) is 0 Å². The summed E-state index contributed by atoms with van der Waals surface area (Å²) in [6.07, 6.45) is 9.99. The molecule has 2 N–H and O–H groups in total. The van der Waals surface area contributed by atoms with Crippen molar-refractivity contribution >= 4 is 0 Å². The topological polar surface area (TPSA) is 32.5 Å². The molecule has 4 rings (SSSR count). The van der Waals surface area contributed by atoms with Crippen molar-refractivity contribution in [3.63, 3.8) is 0 Å². The van der Waals surface area contributed by atoms with Crippen LogP contribution in [0.3, 0.4) is 0 Å². The van der Waals surface area contributed by atoms with Crippen LogP contribution in [0.25, 0.3) is 0 Å². The molecule has 1 heterocycles. The lowest BCUT2D eigenvalue weighted by atomic mass is 9.95. The first-order chi connectivity index (χ1) is 8.81. The van der Waals surface area contributed by atoms with Crippen molar-refractivity contribution in [1.82, 2.24) is 9.80 Å². The average Bonchev–Trinajstić information content (AvgIpc) is 3.24. The summed E-state index contributed by atoms with van der Waals surface area (Å²) in [5.41, 5.74) is 6.59. The second-order valence-corrected chi connectivity index (χ2v) is 7.21. The highest BCUT2D eigenvalue weighted by Crippen LogP contribution is 2.43. The third kappa shape index (κ3) is 2.10. The lowest BCUT2D eigenvalue weighted by Gasteiger charge is -2.41. The lowest BCUT2D eigenvalue weighted by molar-refractivity contribution is 0.0832. The molecule has 1 atom stereocenters. The Morgan fingerprint density at radius 3 is 2.44 bits per heavy atom. The number of nitrogens with two attached hydrogens (primary N) is 1. The molecule has 1 saturated heterocycles. The molecule has 1 unspecified atom stereocenters. The summed E-state index contributed by atoms with van der Waals surface area (Å²) in [5, 5.41) is 0. The van der Waals surface area contributed by atoms with E-state index in [-0.39, 0.29) is 0 Å². The summed E-state index contributed by atoms with van der Waals surface area (Å²) in [6.45, 7) is 4.78. The number of likely N-dealkylation sites (tertiary alicyclic amines) is 1. The van der Waals surface area contributed by atoms with Crippen LogP contribution in [0.2, 0.25) is 0 Å². The minimum absolute atomic E-state index is 0.340. The van der Waals surface area contributed by atoms with E-state index < -0.39 is 0 Å². The van der Waals surface area contributed by atoms with E-state index in [1.807, 2.05) is 0 Å². The smallest absolute Gasteiger partial charge is 0.0473 e. The first-order valence-electron chi connectivity index (χ1n) is 8.02. The van der Waals surface area contributed by atoms with Gasteiger partial charge in [0.2, 0.25) is 0 Å². The zero-order chi connectivity index (χ0) is 12.2. The zero-order valence-electron chi connectivity index (χ0n) is 11.5. The monoisotopic (exact) mass is 249 g/mol. The Morgan fingerprint density at radius 1 is 1.11 bits per heavy atom. The van der Waals surface area contributed by atoms with Gasteiger partial charge in [0, 0.05) is 43.8 Å². The molecule has 3 saturated carbocycles. The Labute approximate surface area is 111 Å². The zero-order valence-corrected chi connectivity index (χ0v) is 11.5. The van der Waals surface area contributed by atoms with Crippen molar-refractivity contribution < 1.29 is 0 Å². The second-order valence-electron chi connectivity index (χ2n) is 7.21. The molecular weight excluding hydrogens is 222 g/mol. The molecule has 3 nitrogen and oxygen atoms in total. The van der Waals surface area contributed by atoms with Gasteiger partial charge in [-0.3, -0.25) is 9.80 Å². The molecule has 0 aromatic rings. The van der Waals surface area contributed by atoms with Gasteiger partial charge in [0.05, 0.1) is 0 Å². The molecule has 3 aliphatic carbocycles. The number of hydrogen-bond acceptors (Lipinski definition) is 3. The molecule has 0 spiro atoms. The fourth-order valence-electron chi connectivity index (χ4n) is 3.85. The first kappa shape index (κ1) is 11.7. The van der Waals surface area contributed by atoms with Crippen LogP contribution < -0.4 is 5.73 Å². The van der Waals surface area contributed by atoms with Gasteiger partial charge in [0.25, 0.3) is 0 Å². The predicted molar refractivity (Wildman–Crippen MR) is 73.4 cm³/mol. The molecular formula is C15H27N3. The molecule has 0 aromatic heterocycles. The van der Waals surface area contributed by atoms with Crippen LogP contribution in [0, 0.1) is 5.92 Å². The van der Waals surface area contributed by atoms with Gasteiger partial charge in [-0.1, -0.05) is 0 Å². The number of nitrogens with zero attached hydrogens (tertiary/aromatic N) is 2. The highest BCUT2D eigenvalue weighted by atomic mass is 15.3. The van der Waals surface area contributed by atoms with E-state index in [0.717, 1.165) is 24.5 Å². The Hall–Kier alpha value is -0.120. The summed E-state index contributed by atoms with van der Waals surface area (Å²) in [7, 11) is 0. The number of rotatable bonds is 6. The minimum atomic E-state index is 0.340. The second kappa shape index (κ2) is 4.19. The van der Waals surface area contributed by atoms with Crippen molar-refractivity contribution in [3.05, 3.63) is 0 Å². The summed E-state index contributed by atoms with van der Waals surface area (Å²) in [5.74, 6) is 1.00. The van der Waals surface area contributed by atoms with Gasteiger partial charge >= 0.3 is 0 Å². The normalized spacial score (nSPS) is 37.7. The maximum absolute atomic E-state index is 6.25. The van der Waals surface area contributed by atoms with E-state index in [0.29, 0.717) is 5.54 Å². The van der Waals surface area contributed by atoms with E-state index in [1.54, 1.807) is 0 Å². The molecule has 0 aromatic carbocycles. The largest absolute Gasteiger partial charge is 0.329 e. The van der Waals surface area contributed by atoms with Crippen LogP contribution in [-0.4, -0.2) is 53.6 Å². The van der Waals surface area contributed by atoms with Crippen LogP contribution >= 0.6 is 0 Å². The van der Waals surface area contributed by atoms with E-state index in [1.165, 1.54) is 64.6 Å². The van der Waals surface area contributed by atoms with Crippen LogP contribution in [-0.2, 0) is 0 Å². The van der Waals surface area contributed by atoms with Gasteiger partial charge in [-0.15, -0.1) is 0 Å². The van der Waals surface area contributed by atoms with Gasteiger partial charge in [-0.25, -0.2) is 0 Å². The first-order valence-corrected chi connectivity index (χ1v) is 8.02. The lowest BCUT2D eigenvalue weighted by Crippen LogP contribution is -2.57. The Kier molecular flexibility index (Phi) is 2.72. The molecule has 1 aliphatic heterocycles. The minimum Gasteiger partial charge on any atom is -0.329 e. The SMILES string of the molecule is NCC1(N(CC2CC2)C2CC2)CCN(C2CC2)C1. The van der Waals surface area contributed by atoms with Crippen LogP contribution in [0.5, 0.6) is 0 Å². The Balaban J connectivity index is 1.49. The molecule has 4 aliphatic rings.